The fourth-order valence-corrected chi connectivity index (χ4v) is 5.12. The molecule has 140 valence electrons. The minimum absolute atomic E-state index is 0.00331. The Labute approximate surface area is 167 Å². The zero-order valence-electron chi connectivity index (χ0n) is 15.1. The molecule has 1 atom stereocenters. The van der Waals surface area contributed by atoms with Crippen LogP contribution in [-0.4, -0.2) is 30.6 Å². The molecule has 2 aromatic heterocycles. The molecular formula is C21H21NO3S2. The number of thiophene rings is 2. The third-order valence-electron chi connectivity index (χ3n) is 4.60. The second-order valence-electron chi connectivity index (χ2n) is 6.25. The molecule has 3 aromatic rings. The van der Waals surface area contributed by atoms with Crippen molar-refractivity contribution in [1.29, 1.82) is 0 Å². The molecule has 27 heavy (non-hydrogen) atoms. The number of fused-ring (bicyclic) bond motifs is 1. The van der Waals surface area contributed by atoms with Gasteiger partial charge in [0, 0.05) is 16.3 Å². The maximum absolute atomic E-state index is 13.0. The van der Waals surface area contributed by atoms with Gasteiger partial charge in [0.1, 0.15) is 11.5 Å². The lowest BCUT2D eigenvalue weighted by atomic mass is 9.98. The van der Waals surface area contributed by atoms with Gasteiger partial charge in [0.25, 0.3) is 5.91 Å². The molecule has 1 amide bonds. The second kappa shape index (κ2) is 8.15. The van der Waals surface area contributed by atoms with E-state index in [1.807, 2.05) is 42.2 Å². The van der Waals surface area contributed by atoms with E-state index in [2.05, 4.69) is 22.9 Å². The van der Waals surface area contributed by atoms with Gasteiger partial charge in [0.2, 0.25) is 0 Å². The van der Waals surface area contributed by atoms with Crippen LogP contribution in [0, 0.1) is 0 Å². The zero-order chi connectivity index (χ0) is 18.6. The Morgan fingerprint density at radius 3 is 2.56 bits per heavy atom. The molecule has 0 spiro atoms. The van der Waals surface area contributed by atoms with Gasteiger partial charge in [-0.05, 0) is 66.1 Å². The van der Waals surface area contributed by atoms with Gasteiger partial charge in [-0.3, -0.25) is 4.79 Å². The number of carbonyl (C=O) groups is 1. The third kappa shape index (κ3) is 3.87. The average Bonchev–Trinajstić information content (AvgIpc) is 3.38. The topological polar surface area (TPSA) is 38.8 Å². The lowest BCUT2D eigenvalue weighted by Gasteiger charge is -2.35. The first-order valence-corrected chi connectivity index (χ1v) is 10.8. The van der Waals surface area contributed by atoms with Gasteiger partial charge >= 0.3 is 0 Å². The summed E-state index contributed by atoms with van der Waals surface area (Å²) in [6, 6.07) is 13.7. The van der Waals surface area contributed by atoms with Crippen LogP contribution in [0.25, 0.3) is 0 Å². The molecule has 1 aliphatic heterocycles. The number of hydrogen-bond acceptors (Lipinski definition) is 5. The number of rotatable bonds is 6. The average molecular weight is 400 g/mol. The minimum atomic E-state index is -0.00331. The second-order valence-corrected chi connectivity index (χ2v) is 8.23. The largest absolute Gasteiger partial charge is 0.494 e. The van der Waals surface area contributed by atoms with Crippen molar-refractivity contribution in [1.82, 2.24) is 4.90 Å². The van der Waals surface area contributed by atoms with Crippen molar-refractivity contribution in [2.75, 3.05) is 19.8 Å². The Kier molecular flexibility index (Phi) is 5.45. The maximum Gasteiger partial charge on any atom is 0.261 e. The quantitative estimate of drug-likeness (QED) is 0.600. The summed E-state index contributed by atoms with van der Waals surface area (Å²) in [5.74, 6) is 1.49. The van der Waals surface area contributed by atoms with Crippen LogP contribution >= 0.6 is 22.7 Å². The van der Waals surface area contributed by atoms with Crippen LogP contribution in [0.4, 0.5) is 0 Å². The van der Waals surface area contributed by atoms with E-state index in [4.69, 9.17) is 9.47 Å². The Hall–Kier alpha value is -2.31. The van der Waals surface area contributed by atoms with Crippen LogP contribution in [0.3, 0.4) is 0 Å². The van der Waals surface area contributed by atoms with E-state index in [1.165, 1.54) is 15.3 Å². The molecule has 1 unspecified atom stereocenters. The predicted octanol–water partition coefficient (Wildman–Crippen LogP) is 4.76. The summed E-state index contributed by atoms with van der Waals surface area (Å²) in [6.07, 6.45) is 0.906. The van der Waals surface area contributed by atoms with Crippen molar-refractivity contribution in [3.8, 4) is 11.5 Å². The first-order chi connectivity index (χ1) is 13.3. The van der Waals surface area contributed by atoms with Crippen LogP contribution in [0.15, 0.2) is 53.2 Å². The third-order valence-corrected chi connectivity index (χ3v) is 6.52. The summed E-state index contributed by atoms with van der Waals surface area (Å²) in [6.45, 7) is 3.34. The molecule has 0 N–H and O–H groups in total. The van der Waals surface area contributed by atoms with Crippen molar-refractivity contribution >= 4 is 28.6 Å². The van der Waals surface area contributed by atoms with Crippen molar-refractivity contribution in [3.05, 3.63) is 68.5 Å². The summed E-state index contributed by atoms with van der Waals surface area (Å²) in [5.41, 5.74) is 1.25. The minimum Gasteiger partial charge on any atom is -0.494 e. The smallest absolute Gasteiger partial charge is 0.261 e. The van der Waals surface area contributed by atoms with E-state index in [9.17, 15) is 4.79 Å². The van der Waals surface area contributed by atoms with Crippen LogP contribution in [0.5, 0.6) is 11.5 Å². The molecule has 0 bridgehead atoms. The molecular weight excluding hydrogens is 378 g/mol. The van der Waals surface area contributed by atoms with Crippen molar-refractivity contribution in [3.63, 3.8) is 0 Å². The number of amides is 1. The highest BCUT2D eigenvalue weighted by atomic mass is 32.1. The highest BCUT2D eigenvalue weighted by Gasteiger charge is 2.33. The number of benzene rings is 1. The molecule has 4 rings (SSSR count). The van der Waals surface area contributed by atoms with Gasteiger partial charge < -0.3 is 14.4 Å². The molecule has 6 heteroatoms. The molecule has 3 heterocycles. The standard InChI is InChI=1S/C21H21NO3S2/c1-2-24-15-5-7-16(8-6-15)25-14-20(23)22-11-9-18-17(10-13-27-18)21(22)19-4-3-12-26-19/h3-8,10,12-13,21H,2,9,11,14H2,1H3. The fraction of sp³-hybridized carbons (Fsp3) is 0.286. The van der Waals surface area contributed by atoms with E-state index in [0.29, 0.717) is 12.4 Å². The summed E-state index contributed by atoms with van der Waals surface area (Å²) in [7, 11) is 0. The Balaban J connectivity index is 1.47. The summed E-state index contributed by atoms with van der Waals surface area (Å²) in [4.78, 5) is 17.5. The lowest BCUT2D eigenvalue weighted by molar-refractivity contribution is -0.135. The van der Waals surface area contributed by atoms with Crippen LogP contribution < -0.4 is 9.47 Å². The Bertz CT molecular complexity index is 887. The normalized spacial score (nSPS) is 16.0. The molecule has 0 aliphatic carbocycles. The van der Waals surface area contributed by atoms with E-state index >= 15 is 0 Å². The zero-order valence-corrected chi connectivity index (χ0v) is 16.7. The van der Waals surface area contributed by atoms with Crippen molar-refractivity contribution in [2.45, 2.75) is 19.4 Å². The monoisotopic (exact) mass is 399 g/mol. The molecule has 1 aliphatic rings. The van der Waals surface area contributed by atoms with E-state index in [0.717, 1.165) is 18.7 Å². The first-order valence-electron chi connectivity index (χ1n) is 9.01. The predicted molar refractivity (Wildman–Crippen MR) is 109 cm³/mol. The first kappa shape index (κ1) is 18.1. The maximum atomic E-state index is 13.0. The molecule has 0 fully saturated rings. The van der Waals surface area contributed by atoms with E-state index in [-0.39, 0.29) is 18.6 Å². The van der Waals surface area contributed by atoms with Crippen LogP contribution in [-0.2, 0) is 11.2 Å². The molecule has 0 saturated heterocycles. The number of hydrogen-bond donors (Lipinski definition) is 0. The highest BCUT2D eigenvalue weighted by Crippen LogP contribution is 2.39. The molecule has 4 nitrogen and oxygen atoms in total. The van der Waals surface area contributed by atoms with Crippen molar-refractivity contribution < 1.29 is 14.3 Å². The van der Waals surface area contributed by atoms with Gasteiger partial charge in [0.05, 0.1) is 12.6 Å². The van der Waals surface area contributed by atoms with E-state index in [1.54, 1.807) is 22.7 Å². The fourth-order valence-electron chi connectivity index (χ4n) is 3.37. The van der Waals surface area contributed by atoms with Gasteiger partial charge in [-0.1, -0.05) is 6.07 Å². The van der Waals surface area contributed by atoms with E-state index < -0.39 is 0 Å². The Morgan fingerprint density at radius 2 is 1.85 bits per heavy atom. The molecule has 0 saturated carbocycles. The highest BCUT2D eigenvalue weighted by molar-refractivity contribution is 7.10. The van der Waals surface area contributed by atoms with Crippen LogP contribution in [0.2, 0.25) is 0 Å². The summed E-state index contributed by atoms with van der Waals surface area (Å²) >= 11 is 3.47. The van der Waals surface area contributed by atoms with Gasteiger partial charge in [-0.25, -0.2) is 0 Å². The van der Waals surface area contributed by atoms with Crippen LogP contribution in [0.1, 0.15) is 28.3 Å². The van der Waals surface area contributed by atoms with Gasteiger partial charge in [0.15, 0.2) is 6.61 Å². The number of ether oxygens (including phenoxy) is 2. The summed E-state index contributed by atoms with van der Waals surface area (Å²) < 4.78 is 11.2. The SMILES string of the molecule is CCOc1ccc(OCC(=O)N2CCc3sccc3C2c2cccs2)cc1. The Morgan fingerprint density at radius 1 is 1.07 bits per heavy atom. The van der Waals surface area contributed by atoms with Gasteiger partial charge in [-0.2, -0.15) is 0 Å². The lowest BCUT2D eigenvalue weighted by Crippen LogP contribution is -2.42. The van der Waals surface area contributed by atoms with Gasteiger partial charge in [-0.15, -0.1) is 22.7 Å². The molecule has 0 radical (unpaired) electrons. The number of nitrogens with zero attached hydrogens (tertiary/aromatic N) is 1. The summed E-state index contributed by atoms with van der Waals surface area (Å²) in [5, 5.41) is 4.19. The van der Waals surface area contributed by atoms with Crippen molar-refractivity contribution in [2.24, 2.45) is 0 Å². The number of carbonyl (C=O) groups excluding carboxylic acids is 1. The molecule has 1 aromatic carbocycles.